The zero-order chi connectivity index (χ0) is 9.66. The minimum absolute atomic E-state index is 0.0428. The number of hydrogen-bond acceptors (Lipinski definition) is 4. The summed E-state index contributed by atoms with van der Waals surface area (Å²) >= 11 is 0. The van der Waals surface area contributed by atoms with Gasteiger partial charge in [-0.1, -0.05) is 0 Å². The van der Waals surface area contributed by atoms with Gasteiger partial charge >= 0.3 is 0 Å². The topological polar surface area (TPSA) is 58.9 Å². The molecular weight excluding hydrogens is 184 g/mol. The van der Waals surface area contributed by atoms with Gasteiger partial charge in [-0.25, -0.2) is 0 Å². The third-order valence-electron chi connectivity index (χ3n) is 4.77. The molecule has 14 heavy (non-hydrogen) atoms. The number of aliphatic hydroxyl groups excluding tert-OH is 2. The molecule has 2 bridgehead atoms. The Morgan fingerprint density at radius 3 is 2.79 bits per heavy atom. The van der Waals surface area contributed by atoms with E-state index >= 15 is 0 Å². The van der Waals surface area contributed by atoms with Crippen molar-refractivity contribution in [3.05, 3.63) is 0 Å². The fourth-order valence-corrected chi connectivity index (χ4v) is 4.43. The van der Waals surface area contributed by atoms with Crippen LogP contribution in [-0.2, 0) is 9.47 Å². The van der Waals surface area contributed by atoms with Crippen molar-refractivity contribution in [2.45, 2.75) is 37.6 Å². The first-order valence-corrected chi connectivity index (χ1v) is 5.33. The number of aliphatic hydroxyl groups is 2. The van der Waals surface area contributed by atoms with Gasteiger partial charge in [0.25, 0.3) is 0 Å². The molecule has 0 spiro atoms. The molecule has 4 heteroatoms. The molecule has 8 atom stereocenters. The van der Waals surface area contributed by atoms with Crippen LogP contribution in [-0.4, -0.2) is 34.5 Å². The summed E-state index contributed by atoms with van der Waals surface area (Å²) in [7, 11) is 0. The largest absolute Gasteiger partial charge is 0.390 e. The van der Waals surface area contributed by atoms with E-state index in [0.717, 1.165) is 6.42 Å². The fourth-order valence-electron chi connectivity index (χ4n) is 4.43. The molecule has 6 unspecified atom stereocenters. The molecule has 4 nitrogen and oxygen atoms in total. The third-order valence-corrected chi connectivity index (χ3v) is 4.77. The predicted molar refractivity (Wildman–Crippen MR) is 45.0 cm³/mol. The third kappa shape index (κ3) is 0.608. The molecule has 2 heterocycles. The summed E-state index contributed by atoms with van der Waals surface area (Å²) in [5.41, 5.74) is 0. The van der Waals surface area contributed by atoms with Gasteiger partial charge in [0, 0.05) is 11.8 Å². The standard InChI is InChI=1S/C10H14O4/c1-10-6-4-2-3(5(6)9(12)14-10)7(11)8(4)13-10/h3-9,11-12H,2H2,1H3/t3?,4?,5?,6?,7-,8?,9-,10?/m0/s1. The molecule has 0 aromatic rings. The second kappa shape index (κ2) is 2.02. The first-order chi connectivity index (χ1) is 6.62. The van der Waals surface area contributed by atoms with Gasteiger partial charge in [-0.3, -0.25) is 0 Å². The summed E-state index contributed by atoms with van der Waals surface area (Å²) in [5.74, 6) is 0.358. The molecule has 2 aliphatic heterocycles. The average Bonchev–Trinajstić information content (AvgIpc) is 2.72. The van der Waals surface area contributed by atoms with Crippen LogP contribution in [0.5, 0.6) is 0 Å². The smallest absolute Gasteiger partial charge is 0.172 e. The van der Waals surface area contributed by atoms with E-state index in [1.54, 1.807) is 0 Å². The van der Waals surface area contributed by atoms with Crippen LogP contribution in [0.3, 0.4) is 0 Å². The van der Waals surface area contributed by atoms with Crippen molar-refractivity contribution in [1.82, 2.24) is 0 Å². The van der Waals surface area contributed by atoms with Gasteiger partial charge in [0.05, 0.1) is 12.2 Å². The summed E-state index contributed by atoms with van der Waals surface area (Å²) in [6.07, 6.45) is -0.173. The van der Waals surface area contributed by atoms with Crippen molar-refractivity contribution in [3.8, 4) is 0 Å². The second-order valence-electron chi connectivity index (χ2n) is 5.26. The molecule has 4 rings (SSSR count). The zero-order valence-corrected chi connectivity index (χ0v) is 7.96. The van der Waals surface area contributed by atoms with Gasteiger partial charge in [0.1, 0.15) is 0 Å². The molecule has 2 saturated heterocycles. The van der Waals surface area contributed by atoms with Crippen molar-refractivity contribution in [2.75, 3.05) is 0 Å². The first kappa shape index (κ1) is 8.05. The van der Waals surface area contributed by atoms with Crippen LogP contribution in [0.15, 0.2) is 0 Å². The van der Waals surface area contributed by atoms with E-state index in [9.17, 15) is 10.2 Å². The molecule has 0 aromatic heterocycles. The molecule has 2 N–H and O–H groups in total. The number of hydrogen-bond donors (Lipinski definition) is 2. The molecule has 2 aliphatic carbocycles. The summed E-state index contributed by atoms with van der Waals surface area (Å²) in [6, 6.07) is 0. The van der Waals surface area contributed by atoms with Crippen LogP contribution < -0.4 is 0 Å². The maximum Gasteiger partial charge on any atom is 0.172 e. The summed E-state index contributed by atoms with van der Waals surface area (Å²) in [6.45, 7) is 1.90. The first-order valence-electron chi connectivity index (χ1n) is 5.33. The zero-order valence-electron chi connectivity index (χ0n) is 7.96. The van der Waals surface area contributed by atoms with Gasteiger partial charge in [-0.05, 0) is 25.2 Å². The van der Waals surface area contributed by atoms with E-state index in [-0.39, 0.29) is 24.0 Å². The number of rotatable bonds is 0. The molecule has 78 valence electrons. The quantitative estimate of drug-likeness (QED) is 0.560. The van der Waals surface area contributed by atoms with Gasteiger partial charge in [0.2, 0.25) is 0 Å². The summed E-state index contributed by atoms with van der Waals surface area (Å²) < 4.78 is 11.2. The molecule has 4 fully saturated rings. The van der Waals surface area contributed by atoms with E-state index in [0.29, 0.717) is 11.8 Å². The SMILES string of the molecule is CC12OC3C4CC(C(C41)[C@@H](O)O2)[C@@H]3O. The number of fused-ring (bicyclic) bond motifs is 2. The van der Waals surface area contributed by atoms with E-state index in [1.165, 1.54) is 0 Å². The number of ether oxygens (including phenoxy) is 2. The van der Waals surface area contributed by atoms with Crippen LogP contribution in [0.25, 0.3) is 0 Å². The lowest BCUT2D eigenvalue weighted by atomic mass is 9.77. The summed E-state index contributed by atoms with van der Waals surface area (Å²) in [5, 5.41) is 19.8. The minimum Gasteiger partial charge on any atom is -0.390 e. The Morgan fingerprint density at radius 1 is 1.21 bits per heavy atom. The molecular formula is C10H14O4. The van der Waals surface area contributed by atoms with Crippen molar-refractivity contribution < 1.29 is 19.7 Å². The van der Waals surface area contributed by atoms with E-state index in [4.69, 9.17) is 9.47 Å². The van der Waals surface area contributed by atoms with E-state index in [1.807, 2.05) is 6.92 Å². The molecule has 0 aromatic carbocycles. The molecule has 4 aliphatic rings. The van der Waals surface area contributed by atoms with Gasteiger partial charge in [0.15, 0.2) is 12.1 Å². The van der Waals surface area contributed by atoms with Crippen molar-refractivity contribution >= 4 is 0 Å². The monoisotopic (exact) mass is 198 g/mol. The van der Waals surface area contributed by atoms with Crippen molar-refractivity contribution in [1.29, 1.82) is 0 Å². The van der Waals surface area contributed by atoms with Crippen LogP contribution in [0.4, 0.5) is 0 Å². The highest BCUT2D eigenvalue weighted by Gasteiger charge is 2.75. The predicted octanol–water partition coefficient (Wildman–Crippen LogP) is -0.307. The van der Waals surface area contributed by atoms with Crippen molar-refractivity contribution in [3.63, 3.8) is 0 Å². The van der Waals surface area contributed by atoms with E-state index in [2.05, 4.69) is 0 Å². The second-order valence-corrected chi connectivity index (χ2v) is 5.26. The maximum atomic E-state index is 9.97. The lowest BCUT2D eigenvalue weighted by Crippen LogP contribution is -2.40. The Bertz CT molecular complexity index is 306. The Balaban J connectivity index is 1.88. The van der Waals surface area contributed by atoms with Crippen LogP contribution in [0, 0.1) is 23.7 Å². The van der Waals surface area contributed by atoms with Gasteiger partial charge < -0.3 is 19.7 Å². The maximum absolute atomic E-state index is 9.97. The highest BCUT2D eigenvalue weighted by Crippen LogP contribution is 2.67. The molecule has 0 radical (unpaired) electrons. The van der Waals surface area contributed by atoms with Gasteiger partial charge in [-0.15, -0.1) is 0 Å². The minimum atomic E-state index is -0.740. The van der Waals surface area contributed by atoms with Gasteiger partial charge in [-0.2, -0.15) is 0 Å². The molecule has 2 saturated carbocycles. The Labute approximate surface area is 81.8 Å². The highest BCUT2D eigenvalue weighted by molar-refractivity contribution is 5.17. The average molecular weight is 198 g/mol. The fraction of sp³-hybridized carbons (Fsp3) is 1.00. The normalized spacial score (nSPS) is 73.5. The Kier molecular flexibility index (Phi) is 1.16. The van der Waals surface area contributed by atoms with Crippen molar-refractivity contribution in [2.24, 2.45) is 23.7 Å². The van der Waals surface area contributed by atoms with Crippen LogP contribution >= 0.6 is 0 Å². The lowest BCUT2D eigenvalue weighted by Gasteiger charge is -2.29. The summed E-state index contributed by atoms with van der Waals surface area (Å²) in [4.78, 5) is 0. The van der Waals surface area contributed by atoms with Crippen LogP contribution in [0.1, 0.15) is 13.3 Å². The Hall–Kier alpha value is -0.160. The Morgan fingerprint density at radius 2 is 2.00 bits per heavy atom. The molecule has 0 amide bonds. The highest BCUT2D eigenvalue weighted by atomic mass is 16.8. The van der Waals surface area contributed by atoms with Crippen LogP contribution in [0.2, 0.25) is 0 Å². The van der Waals surface area contributed by atoms with E-state index < -0.39 is 12.1 Å². The lowest BCUT2D eigenvalue weighted by molar-refractivity contribution is -0.274.